The lowest BCUT2D eigenvalue weighted by molar-refractivity contribution is -0.125. The molecule has 5 nitrogen and oxygen atoms in total. The van der Waals surface area contributed by atoms with Crippen molar-refractivity contribution in [2.45, 2.75) is 40.5 Å². The number of rotatable bonds is 8. The molecular formula is C21H29N3O2S. The van der Waals surface area contributed by atoms with Gasteiger partial charge in [0.1, 0.15) is 0 Å². The largest absolute Gasteiger partial charge is 0.355 e. The van der Waals surface area contributed by atoms with E-state index in [1.165, 1.54) is 0 Å². The molecule has 146 valence electrons. The molecule has 0 aliphatic carbocycles. The van der Waals surface area contributed by atoms with Gasteiger partial charge in [0.05, 0.1) is 17.0 Å². The number of nitrogens with zero attached hydrogens (tertiary/aromatic N) is 1. The molecule has 2 amide bonds. The molecule has 0 aliphatic rings. The summed E-state index contributed by atoms with van der Waals surface area (Å²) in [5.74, 6) is 0.0793. The van der Waals surface area contributed by atoms with Crippen molar-refractivity contribution in [2.24, 2.45) is 10.8 Å². The Bertz CT molecular complexity index is 813. The molecule has 2 N–H and O–H groups in total. The lowest BCUT2D eigenvalue weighted by atomic mass is 9.73. The van der Waals surface area contributed by atoms with E-state index in [1.54, 1.807) is 6.20 Å². The van der Waals surface area contributed by atoms with Crippen LogP contribution in [0.4, 0.5) is 5.69 Å². The lowest BCUT2D eigenvalue weighted by Gasteiger charge is -2.34. The number of pyridine rings is 1. The lowest BCUT2D eigenvalue weighted by Crippen LogP contribution is -2.37. The Hall–Kier alpha value is -2.08. The maximum Gasteiger partial charge on any atom is 0.230 e. The smallest absolute Gasteiger partial charge is 0.230 e. The van der Waals surface area contributed by atoms with E-state index in [-0.39, 0.29) is 23.0 Å². The first-order valence-corrected chi connectivity index (χ1v) is 9.81. The number of fused-ring (bicyclic) bond motifs is 1. The third-order valence-corrected chi connectivity index (χ3v) is 4.97. The molecule has 1 aromatic heterocycles. The number of amides is 2. The standard InChI is InChI=1S/C21H29N3O2S/c1-20(2,10-12-22-17(25)13-27)14-21(3,4)19(26)24-16-9-5-7-15-8-6-11-23-18(15)16/h5-9,11,27H,10,12-14H2,1-4H3,(H,22,25)(H,24,26). The molecule has 0 bridgehead atoms. The fourth-order valence-electron chi connectivity index (χ4n) is 3.46. The van der Waals surface area contributed by atoms with E-state index >= 15 is 0 Å². The number of carbonyl (C=O) groups excluding carboxylic acids is 2. The highest BCUT2D eigenvalue weighted by Crippen LogP contribution is 2.37. The molecule has 1 heterocycles. The van der Waals surface area contributed by atoms with Crippen LogP contribution in [-0.2, 0) is 9.59 Å². The van der Waals surface area contributed by atoms with E-state index in [0.717, 1.165) is 23.0 Å². The van der Waals surface area contributed by atoms with Gasteiger partial charge in [0.25, 0.3) is 0 Å². The van der Waals surface area contributed by atoms with Crippen LogP contribution in [0, 0.1) is 10.8 Å². The van der Waals surface area contributed by atoms with Crippen LogP contribution in [-0.4, -0.2) is 29.1 Å². The van der Waals surface area contributed by atoms with Crippen LogP contribution in [0.15, 0.2) is 36.5 Å². The Morgan fingerprint density at radius 3 is 2.52 bits per heavy atom. The van der Waals surface area contributed by atoms with Crippen LogP contribution < -0.4 is 10.6 Å². The molecule has 0 fully saturated rings. The van der Waals surface area contributed by atoms with Gasteiger partial charge in [-0.3, -0.25) is 14.6 Å². The van der Waals surface area contributed by atoms with Crippen molar-refractivity contribution in [1.29, 1.82) is 0 Å². The van der Waals surface area contributed by atoms with Crippen LogP contribution >= 0.6 is 12.6 Å². The van der Waals surface area contributed by atoms with Gasteiger partial charge in [-0.1, -0.05) is 45.9 Å². The van der Waals surface area contributed by atoms with E-state index in [9.17, 15) is 9.59 Å². The van der Waals surface area contributed by atoms with E-state index in [2.05, 4.69) is 42.1 Å². The van der Waals surface area contributed by atoms with Gasteiger partial charge in [0, 0.05) is 23.5 Å². The van der Waals surface area contributed by atoms with Crippen LogP contribution in [0.25, 0.3) is 10.9 Å². The maximum atomic E-state index is 13.0. The summed E-state index contributed by atoms with van der Waals surface area (Å²) in [5.41, 5.74) is 0.860. The van der Waals surface area contributed by atoms with E-state index in [4.69, 9.17) is 0 Å². The fourth-order valence-corrected chi connectivity index (χ4v) is 3.57. The number of nitrogens with one attached hydrogen (secondary N) is 2. The number of para-hydroxylation sites is 1. The molecule has 6 heteroatoms. The molecule has 0 atom stereocenters. The van der Waals surface area contributed by atoms with Gasteiger partial charge in [-0.25, -0.2) is 0 Å². The molecule has 27 heavy (non-hydrogen) atoms. The summed E-state index contributed by atoms with van der Waals surface area (Å²) in [5, 5.41) is 6.88. The summed E-state index contributed by atoms with van der Waals surface area (Å²) in [6.07, 6.45) is 3.21. The zero-order chi connectivity index (χ0) is 20.1. The van der Waals surface area contributed by atoms with Gasteiger partial charge in [-0.2, -0.15) is 12.6 Å². The molecule has 0 saturated heterocycles. The summed E-state index contributed by atoms with van der Waals surface area (Å²) in [6, 6.07) is 9.63. The first kappa shape index (κ1) is 21.2. The van der Waals surface area contributed by atoms with E-state index < -0.39 is 5.41 Å². The first-order chi connectivity index (χ1) is 12.6. The molecule has 1 aromatic carbocycles. The van der Waals surface area contributed by atoms with Crippen molar-refractivity contribution >= 4 is 41.0 Å². The van der Waals surface area contributed by atoms with Crippen molar-refractivity contribution in [3.63, 3.8) is 0 Å². The Labute approximate surface area is 166 Å². The topological polar surface area (TPSA) is 71.1 Å². The minimum absolute atomic E-state index is 0.0341. The van der Waals surface area contributed by atoms with Gasteiger partial charge in [-0.05, 0) is 30.4 Å². The number of anilines is 1. The summed E-state index contributed by atoms with van der Waals surface area (Å²) in [7, 11) is 0. The number of benzene rings is 1. The molecule has 0 aliphatic heterocycles. The molecular weight excluding hydrogens is 358 g/mol. The maximum absolute atomic E-state index is 13.0. The number of aromatic nitrogens is 1. The zero-order valence-corrected chi connectivity index (χ0v) is 17.4. The normalized spacial score (nSPS) is 12.0. The zero-order valence-electron chi connectivity index (χ0n) is 16.5. The average Bonchev–Trinajstić information content (AvgIpc) is 2.60. The van der Waals surface area contributed by atoms with Crippen LogP contribution in [0.1, 0.15) is 40.5 Å². The molecule has 0 spiro atoms. The van der Waals surface area contributed by atoms with Crippen LogP contribution in [0.2, 0.25) is 0 Å². The van der Waals surface area contributed by atoms with Crippen molar-refractivity contribution in [3.05, 3.63) is 36.5 Å². The predicted octanol–water partition coefficient (Wildman–Crippen LogP) is 4.05. The van der Waals surface area contributed by atoms with Crippen molar-refractivity contribution in [2.75, 3.05) is 17.6 Å². The Morgan fingerprint density at radius 2 is 1.81 bits per heavy atom. The molecule has 2 aromatic rings. The highest BCUT2D eigenvalue weighted by molar-refractivity contribution is 7.81. The number of hydrogen-bond acceptors (Lipinski definition) is 4. The molecule has 0 unspecified atom stereocenters. The van der Waals surface area contributed by atoms with Crippen molar-refractivity contribution in [3.8, 4) is 0 Å². The van der Waals surface area contributed by atoms with Crippen LogP contribution in [0.5, 0.6) is 0 Å². The third-order valence-electron chi connectivity index (χ3n) is 4.68. The highest BCUT2D eigenvalue weighted by Gasteiger charge is 2.34. The second-order valence-electron chi connectivity index (χ2n) is 8.32. The van der Waals surface area contributed by atoms with Crippen LogP contribution in [0.3, 0.4) is 0 Å². The Morgan fingerprint density at radius 1 is 1.11 bits per heavy atom. The van der Waals surface area contributed by atoms with Gasteiger partial charge >= 0.3 is 0 Å². The number of thiol groups is 1. The first-order valence-electron chi connectivity index (χ1n) is 9.17. The van der Waals surface area contributed by atoms with Crippen molar-refractivity contribution in [1.82, 2.24) is 10.3 Å². The monoisotopic (exact) mass is 387 g/mol. The minimum Gasteiger partial charge on any atom is -0.355 e. The van der Waals surface area contributed by atoms with Gasteiger partial charge in [0.2, 0.25) is 11.8 Å². The molecule has 2 rings (SSSR count). The quantitative estimate of drug-likeness (QED) is 0.598. The number of carbonyl (C=O) groups is 2. The van der Waals surface area contributed by atoms with Crippen molar-refractivity contribution < 1.29 is 9.59 Å². The Kier molecular flexibility index (Phi) is 6.87. The van der Waals surface area contributed by atoms with Gasteiger partial charge in [0.15, 0.2) is 0 Å². The SMILES string of the molecule is CC(C)(CCNC(=O)CS)CC(C)(C)C(=O)Nc1cccc2cccnc12. The third kappa shape index (κ3) is 5.96. The second-order valence-corrected chi connectivity index (χ2v) is 8.63. The number of hydrogen-bond donors (Lipinski definition) is 3. The Balaban J connectivity index is 2.04. The second kappa shape index (κ2) is 8.74. The summed E-state index contributed by atoms with van der Waals surface area (Å²) in [4.78, 5) is 28.7. The summed E-state index contributed by atoms with van der Waals surface area (Å²) in [6.45, 7) is 8.73. The highest BCUT2D eigenvalue weighted by atomic mass is 32.1. The van der Waals surface area contributed by atoms with Gasteiger partial charge < -0.3 is 10.6 Å². The molecule has 0 radical (unpaired) electrons. The summed E-state index contributed by atoms with van der Waals surface area (Å²) >= 11 is 3.96. The van der Waals surface area contributed by atoms with E-state index in [0.29, 0.717) is 13.0 Å². The molecule has 0 saturated carbocycles. The fraction of sp³-hybridized carbons (Fsp3) is 0.476. The van der Waals surface area contributed by atoms with Gasteiger partial charge in [-0.15, -0.1) is 0 Å². The summed E-state index contributed by atoms with van der Waals surface area (Å²) < 4.78 is 0. The average molecular weight is 388 g/mol. The van der Waals surface area contributed by atoms with E-state index in [1.807, 2.05) is 44.2 Å². The minimum atomic E-state index is -0.562. The predicted molar refractivity (Wildman–Crippen MR) is 114 cm³/mol.